The number of hydrogen-bond acceptors (Lipinski definition) is 5. The maximum Gasteiger partial charge on any atom is 0.252 e. The molecular formula is C24H20ClN5O. The van der Waals surface area contributed by atoms with Gasteiger partial charge >= 0.3 is 0 Å². The van der Waals surface area contributed by atoms with Crippen LogP contribution in [-0.4, -0.2) is 27.6 Å². The number of rotatable bonds is 4. The van der Waals surface area contributed by atoms with E-state index in [2.05, 4.69) is 22.3 Å². The molecule has 5 rings (SSSR count). The second-order valence-corrected chi connectivity index (χ2v) is 7.70. The standard InChI is InChI=1S/C24H20ClN5O/c1-16-26-27-24-29(15-17-7-13-20(31-2)14-8-17)28-23(18-9-11-19(25)12-10-18)21-5-3-4-6-22(21)30(16)24/h3-14H,15H2,1-2H3. The quantitative estimate of drug-likeness (QED) is 0.457. The van der Waals surface area contributed by atoms with Gasteiger partial charge in [0.25, 0.3) is 5.95 Å². The molecule has 3 aromatic carbocycles. The van der Waals surface area contributed by atoms with Crippen molar-refractivity contribution in [2.75, 3.05) is 12.1 Å². The first-order chi connectivity index (χ1) is 15.1. The van der Waals surface area contributed by atoms with Gasteiger partial charge in [0.1, 0.15) is 17.3 Å². The number of aryl methyl sites for hydroxylation is 1. The van der Waals surface area contributed by atoms with Crippen LogP contribution in [0.5, 0.6) is 5.75 Å². The van der Waals surface area contributed by atoms with E-state index in [0.717, 1.165) is 39.7 Å². The zero-order valence-corrected chi connectivity index (χ0v) is 17.9. The third-order valence-corrected chi connectivity index (χ3v) is 5.52. The van der Waals surface area contributed by atoms with Gasteiger partial charge in [-0.1, -0.05) is 54.1 Å². The predicted molar refractivity (Wildman–Crippen MR) is 122 cm³/mol. The molecule has 0 radical (unpaired) electrons. The van der Waals surface area contributed by atoms with Gasteiger partial charge in [0.15, 0.2) is 0 Å². The van der Waals surface area contributed by atoms with Crippen molar-refractivity contribution < 1.29 is 4.74 Å². The van der Waals surface area contributed by atoms with Gasteiger partial charge in [-0.25, -0.2) is 5.01 Å². The molecule has 0 bridgehead atoms. The highest BCUT2D eigenvalue weighted by Gasteiger charge is 2.26. The number of fused-ring (bicyclic) bond motifs is 3. The Kier molecular flexibility index (Phi) is 4.92. The number of aromatic nitrogens is 3. The number of nitrogens with zero attached hydrogens (tertiary/aromatic N) is 5. The lowest BCUT2D eigenvalue weighted by molar-refractivity contribution is 0.414. The smallest absolute Gasteiger partial charge is 0.252 e. The minimum atomic E-state index is 0.535. The fourth-order valence-electron chi connectivity index (χ4n) is 3.72. The molecule has 0 saturated heterocycles. The maximum absolute atomic E-state index is 6.14. The number of ether oxygens (including phenoxy) is 1. The van der Waals surface area contributed by atoms with Gasteiger partial charge in [0.2, 0.25) is 0 Å². The van der Waals surface area contributed by atoms with Crippen molar-refractivity contribution in [1.82, 2.24) is 14.8 Å². The van der Waals surface area contributed by atoms with Crippen LogP contribution in [0.3, 0.4) is 0 Å². The Labute approximate surface area is 185 Å². The molecule has 31 heavy (non-hydrogen) atoms. The Bertz CT molecular complexity index is 1260. The number of benzene rings is 3. The Hall–Kier alpha value is -3.64. The molecule has 154 valence electrons. The third kappa shape index (κ3) is 3.55. The average Bonchev–Trinajstić information content (AvgIpc) is 3.12. The van der Waals surface area contributed by atoms with E-state index in [-0.39, 0.29) is 0 Å². The molecular weight excluding hydrogens is 410 g/mol. The van der Waals surface area contributed by atoms with Crippen molar-refractivity contribution in [1.29, 1.82) is 0 Å². The summed E-state index contributed by atoms with van der Waals surface area (Å²) in [6, 6.07) is 23.9. The molecule has 7 heteroatoms. The van der Waals surface area contributed by atoms with Gasteiger partial charge in [0, 0.05) is 16.1 Å². The van der Waals surface area contributed by atoms with E-state index < -0.39 is 0 Å². The first kappa shape index (κ1) is 19.3. The molecule has 0 amide bonds. The largest absolute Gasteiger partial charge is 0.497 e. The van der Waals surface area contributed by atoms with Crippen LogP contribution in [0.1, 0.15) is 22.5 Å². The van der Waals surface area contributed by atoms with Crippen LogP contribution in [0.15, 0.2) is 77.9 Å². The first-order valence-corrected chi connectivity index (χ1v) is 10.3. The van der Waals surface area contributed by atoms with Crippen molar-refractivity contribution >= 4 is 23.3 Å². The molecule has 1 aliphatic rings. The fraction of sp³-hybridized carbons (Fsp3) is 0.125. The Morgan fingerprint density at radius 1 is 0.903 bits per heavy atom. The molecule has 6 nitrogen and oxygen atoms in total. The lowest BCUT2D eigenvalue weighted by Gasteiger charge is -2.18. The van der Waals surface area contributed by atoms with Gasteiger partial charge < -0.3 is 4.74 Å². The van der Waals surface area contributed by atoms with E-state index in [1.165, 1.54) is 0 Å². The van der Waals surface area contributed by atoms with Gasteiger partial charge in [-0.15, -0.1) is 10.2 Å². The van der Waals surface area contributed by atoms with Gasteiger partial charge in [-0.05, 0) is 42.8 Å². The number of anilines is 1. The predicted octanol–water partition coefficient (Wildman–Crippen LogP) is 5.01. The molecule has 0 N–H and O–H groups in total. The van der Waals surface area contributed by atoms with Gasteiger partial charge in [-0.2, -0.15) is 5.10 Å². The molecule has 2 heterocycles. The number of para-hydroxylation sites is 1. The molecule has 0 spiro atoms. The fourth-order valence-corrected chi connectivity index (χ4v) is 3.85. The topological polar surface area (TPSA) is 55.5 Å². The van der Waals surface area contributed by atoms with E-state index >= 15 is 0 Å². The van der Waals surface area contributed by atoms with E-state index in [4.69, 9.17) is 21.4 Å². The first-order valence-electron chi connectivity index (χ1n) is 9.91. The zero-order valence-electron chi connectivity index (χ0n) is 17.2. The lowest BCUT2D eigenvalue weighted by Crippen LogP contribution is -2.20. The number of methoxy groups -OCH3 is 1. The van der Waals surface area contributed by atoms with E-state index in [1.54, 1.807) is 7.11 Å². The van der Waals surface area contributed by atoms with Gasteiger partial charge in [0.05, 0.1) is 19.3 Å². The van der Waals surface area contributed by atoms with Crippen LogP contribution in [0.2, 0.25) is 5.02 Å². The van der Waals surface area contributed by atoms with Crippen LogP contribution in [0.4, 0.5) is 5.95 Å². The number of halogens is 1. The Morgan fingerprint density at radius 3 is 2.39 bits per heavy atom. The summed E-state index contributed by atoms with van der Waals surface area (Å²) in [5.41, 5.74) is 4.91. The third-order valence-electron chi connectivity index (χ3n) is 5.27. The van der Waals surface area contributed by atoms with Crippen LogP contribution in [0, 0.1) is 6.92 Å². The van der Waals surface area contributed by atoms with Crippen LogP contribution < -0.4 is 9.75 Å². The average molecular weight is 430 g/mol. The summed E-state index contributed by atoms with van der Waals surface area (Å²) in [4.78, 5) is 0. The summed E-state index contributed by atoms with van der Waals surface area (Å²) >= 11 is 6.14. The second-order valence-electron chi connectivity index (χ2n) is 7.26. The highest BCUT2D eigenvalue weighted by molar-refractivity contribution is 6.30. The van der Waals surface area contributed by atoms with E-state index in [1.807, 2.05) is 77.2 Å². The van der Waals surface area contributed by atoms with Crippen molar-refractivity contribution in [3.05, 3.63) is 100 Å². The Morgan fingerprint density at radius 2 is 1.65 bits per heavy atom. The molecule has 0 saturated carbocycles. The highest BCUT2D eigenvalue weighted by Crippen LogP contribution is 2.30. The van der Waals surface area contributed by atoms with E-state index in [0.29, 0.717) is 17.5 Å². The van der Waals surface area contributed by atoms with Crippen molar-refractivity contribution in [3.63, 3.8) is 0 Å². The minimum Gasteiger partial charge on any atom is -0.497 e. The Balaban J connectivity index is 1.68. The van der Waals surface area contributed by atoms with Crippen LogP contribution >= 0.6 is 11.6 Å². The summed E-state index contributed by atoms with van der Waals surface area (Å²) in [6.07, 6.45) is 0. The summed E-state index contributed by atoms with van der Waals surface area (Å²) < 4.78 is 7.33. The molecule has 1 aliphatic heterocycles. The van der Waals surface area contributed by atoms with E-state index in [9.17, 15) is 0 Å². The summed E-state index contributed by atoms with van der Waals surface area (Å²) in [7, 11) is 1.66. The van der Waals surface area contributed by atoms with Crippen molar-refractivity contribution in [2.45, 2.75) is 13.5 Å². The van der Waals surface area contributed by atoms with Crippen LogP contribution in [-0.2, 0) is 6.54 Å². The zero-order chi connectivity index (χ0) is 21.4. The summed E-state index contributed by atoms with van der Waals surface area (Å²) in [5, 5.41) is 16.4. The van der Waals surface area contributed by atoms with Crippen LogP contribution in [0.25, 0.3) is 5.69 Å². The normalized spacial score (nSPS) is 12.6. The molecule has 0 atom stereocenters. The van der Waals surface area contributed by atoms with Crippen molar-refractivity contribution in [2.24, 2.45) is 5.10 Å². The lowest BCUT2D eigenvalue weighted by atomic mass is 10.0. The molecule has 0 fully saturated rings. The summed E-state index contributed by atoms with van der Waals surface area (Å²) in [5.74, 6) is 2.29. The molecule has 1 aromatic heterocycles. The molecule has 0 aliphatic carbocycles. The summed E-state index contributed by atoms with van der Waals surface area (Å²) in [6.45, 7) is 2.49. The molecule has 0 unspecified atom stereocenters. The van der Waals surface area contributed by atoms with Gasteiger partial charge in [-0.3, -0.25) is 4.57 Å². The maximum atomic E-state index is 6.14. The highest BCUT2D eigenvalue weighted by atomic mass is 35.5. The number of hydrazone groups is 1. The number of hydrogen-bond donors (Lipinski definition) is 0. The monoisotopic (exact) mass is 429 g/mol. The molecule has 4 aromatic rings. The second kappa shape index (κ2) is 7.89. The SMILES string of the molecule is COc1ccc(CN2N=C(c3ccc(Cl)cc3)c3ccccc3-n3c(C)nnc32)cc1. The minimum absolute atomic E-state index is 0.535. The van der Waals surface area contributed by atoms with Crippen molar-refractivity contribution in [3.8, 4) is 11.4 Å².